The summed E-state index contributed by atoms with van der Waals surface area (Å²) in [5, 5.41) is 0. The zero-order valence-corrected chi connectivity index (χ0v) is 18.2. The van der Waals surface area contributed by atoms with Crippen LogP contribution in [0.4, 0.5) is 0 Å². The number of benzene rings is 1. The molecule has 5 atom stereocenters. The maximum atomic E-state index is 6.60. The normalized spacial score (nSPS) is 33.5. The number of hydrogen-bond acceptors (Lipinski definition) is 2. The van der Waals surface area contributed by atoms with E-state index in [-0.39, 0.29) is 17.6 Å². The van der Waals surface area contributed by atoms with E-state index in [0.717, 1.165) is 16.9 Å². The molecule has 0 saturated heterocycles. The van der Waals surface area contributed by atoms with Crippen LogP contribution >= 0.6 is 0 Å². The van der Waals surface area contributed by atoms with E-state index in [1.807, 2.05) is 12.3 Å². The number of hydrogen-bond donors (Lipinski definition) is 0. The molecular formula is C24H32CrO2. The van der Waals surface area contributed by atoms with Gasteiger partial charge in [0.1, 0.15) is 0 Å². The van der Waals surface area contributed by atoms with Gasteiger partial charge < -0.3 is 0 Å². The molecule has 1 fully saturated rings. The first-order chi connectivity index (χ1) is 12.9. The molecule has 0 bridgehead atoms. The molecule has 1 aliphatic heterocycles. The molecule has 0 unspecified atom stereocenters. The topological polar surface area (TPSA) is 18.5 Å². The average Bonchev–Trinajstić information content (AvgIpc) is 3.02. The summed E-state index contributed by atoms with van der Waals surface area (Å²) in [5.74, 6) is 2.00. The van der Waals surface area contributed by atoms with E-state index < -0.39 is 0 Å². The Morgan fingerprint density at radius 1 is 1.26 bits per heavy atom. The van der Waals surface area contributed by atoms with Crippen molar-refractivity contribution in [3.8, 4) is 0 Å². The zero-order chi connectivity index (χ0) is 19.4. The molecule has 2 aliphatic rings. The fourth-order valence-electron chi connectivity index (χ4n) is 4.21. The van der Waals surface area contributed by atoms with E-state index >= 15 is 0 Å². The minimum atomic E-state index is -0.284. The number of ether oxygens (including phenoxy) is 2. The van der Waals surface area contributed by atoms with E-state index in [4.69, 9.17) is 9.47 Å². The van der Waals surface area contributed by atoms with Crippen molar-refractivity contribution < 1.29 is 25.3 Å². The molecule has 0 radical (unpaired) electrons. The van der Waals surface area contributed by atoms with Crippen molar-refractivity contribution in [1.29, 1.82) is 0 Å². The Kier molecular flexibility index (Phi) is 6.80. The van der Waals surface area contributed by atoms with Gasteiger partial charge in [-0.05, 0) is 0 Å². The van der Waals surface area contributed by atoms with Crippen LogP contribution in [0.1, 0.15) is 52.5 Å². The van der Waals surface area contributed by atoms with Crippen LogP contribution in [0.15, 0.2) is 48.7 Å². The first-order valence-electron chi connectivity index (χ1n) is 10.2. The third-order valence-corrected chi connectivity index (χ3v) is 6.99. The summed E-state index contributed by atoms with van der Waals surface area (Å²) in [7, 11) is 0. The quantitative estimate of drug-likeness (QED) is 0.599. The Balaban J connectivity index is 1.71. The van der Waals surface area contributed by atoms with E-state index in [2.05, 4.69) is 86.0 Å². The van der Waals surface area contributed by atoms with Crippen LogP contribution in [0.5, 0.6) is 0 Å². The van der Waals surface area contributed by atoms with Gasteiger partial charge in [0.05, 0.1) is 0 Å². The third kappa shape index (κ3) is 4.83. The Morgan fingerprint density at radius 2 is 2.00 bits per heavy atom. The molecule has 1 aromatic rings. The Hall–Kier alpha value is -1.14. The Morgan fingerprint density at radius 3 is 2.70 bits per heavy atom. The summed E-state index contributed by atoms with van der Waals surface area (Å²) in [5.41, 5.74) is 0.895. The van der Waals surface area contributed by atoms with Crippen LogP contribution in [0.2, 0.25) is 0 Å². The molecule has 1 heterocycles. The SMILES string of the molecule is CC(C)[C@@H]1CC[C@@H](C)C[C@H]1O[C](=[Cr])[C@@]1(C)C=CO[C@H]1/C=C\c1ccccc1. The van der Waals surface area contributed by atoms with Crippen molar-refractivity contribution in [1.82, 2.24) is 0 Å². The average molecular weight is 405 g/mol. The van der Waals surface area contributed by atoms with Gasteiger partial charge in [0.15, 0.2) is 0 Å². The fourth-order valence-corrected chi connectivity index (χ4v) is 4.69. The standard InChI is InChI=1S/C24H32O2.Cr/c1-18(2)21-12-10-19(3)16-22(21)26-17-24(4)14-15-25-23(24)13-11-20-8-6-5-7-9-20;/h5-9,11,13-15,18-19,21-23H,10,12,16H2,1-4H3;/b13-11-;/t19-,21+,22-,23+,24-;/m1./s1. The van der Waals surface area contributed by atoms with Gasteiger partial charge in [-0.3, -0.25) is 0 Å². The van der Waals surface area contributed by atoms with Crippen LogP contribution in [-0.2, 0) is 25.3 Å². The van der Waals surface area contributed by atoms with Crippen LogP contribution in [-0.4, -0.2) is 16.8 Å². The molecule has 0 amide bonds. The molecule has 0 aromatic heterocycles. The summed E-state index contributed by atoms with van der Waals surface area (Å²) in [6, 6.07) is 10.3. The first-order valence-corrected chi connectivity index (χ1v) is 10.8. The molecule has 2 nitrogen and oxygen atoms in total. The van der Waals surface area contributed by atoms with E-state index in [0.29, 0.717) is 11.8 Å². The van der Waals surface area contributed by atoms with Crippen molar-refractivity contribution in [2.75, 3.05) is 0 Å². The van der Waals surface area contributed by atoms with Gasteiger partial charge in [0.25, 0.3) is 0 Å². The van der Waals surface area contributed by atoms with Crippen molar-refractivity contribution in [2.45, 2.75) is 59.2 Å². The summed E-state index contributed by atoms with van der Waals surface area (Å²) in [6.45, 7) is 9.18. The Bertz CT molecular complexity index is 694. The molecule has 3 rings (SSSR count). The van der Waals surface area contributed by atoms with Crippen molar-refractivity contribution >= 4 is 10.6 Å². The molecule has 27 heavy (non-hydrogen) atoms. The van der Waals surface area contributed by atoms with E-state index in [1.165, 1.54) is 18.4 Å². The summed E-state index contributed by atoms with van der Waals surface area (Å²) in [6.07, 6.45) is 12.1. The van der Waals surface area contributed by atoms with Crippen LogP contribution in [0, 0.1) is 23.2 Å². The molecule has 1 saturated carbocycles. The van der Waals surface area contributed by atoms with Crippen LogP contribution in [0.25, 0.3) is 6.08 Å². The molecule has 146 valence electrons. The van der Waals surface area contributed by atoms with Gasteiger partial charge in [0, 0.05) is 0 Å². The summed E-state index contributed by atoms with van der Waals surface area (Å²) >= 11 is 3.24. The predicted molar refractivity (Wildman–Crippen MR) is 109 cm³/mol. The zero-order valence-electron chi connectivity index (χ0n) is 16.9. The first kappa shape index (κ1) is 20.6. The maximum absolute atomic E-state index is 6.60. The van der Waals surface area contributed by atoms with Crippen LogP contribution < -0.4 is 0 Å². The van der Waals surface area contributed by atoms with Gasteiger partial charge in [0.2, 0.25) is 0 Å². The summed E-state index contributed by atoms with van der Waals surface area (Å²) < 4.78 is 13.5. The van der Waals surface area contributed by atoms with Crippen molar-refractivity contribution in [2.24, 2.45) is 23.2 Å². The second kappa shape index (κ2) is 8.91. The second-order valence-electron chi connectivity index (χ2n) is 8.68. The van der Waals surface area contributed by atoms with Crippen molar-refractivity contribution in [3.05, 3.63) is 54.3 Å². The van der Waals surface area contributed by atoms with E-state index in [1.54, 1.807) is 0 Å². The Labute approximate surface area is 172 Å². The van der Waals surface area contributed by atoms with Crippen LogP contribution in [0.3, 0.4) is 0 Å². The molecule has 1 aliphatic carbocycles. The predicted octanol–water partition coefficient (Wildman–Crippen LogP) is 5.77. The number of rotatable bonds is 6. The van der Waals surface area contributed by atoms with Gasteiger partial charge in [-0.25, -0.2) is 0 Å². The minimum absolute atomic E-state index is 0.0625. The fraction of sp³-hybridized carbons (Fsp3) is 0.542. The van der Waals surface area contributed by atoms with Gasteiger partial charge >= 0.3 is 173 Å². The molecule has 3 heteroatoms. The van der Waals surface area contributed by atoms with Crippen molar-refractivity contribution in [3.63, 3.8) is 0 Å². The van der Waals surface area contributed by atoms with Gasteiger partial charge in [-0.1, -0.05) is 0 Å². The molecule has 0 spiro atoms. The molecular weight excluding hydrogens is 372 g/mol. The van der Waals surface area contributed by atoms with Gasteiger partial charge in [-0.2, -0.15) is 0 Å². The van der Waals surface area contributed by atoms with Gasteiger partial charge in [-0.15, -0.1) is 0 Å². The summed E-state index contributed by atoms with van der Waals surface area (Å²) in [4.78, 5) is 0. The second-order valence-corrected chi connectivity index (χ2v) is 9.26. The monoisotopic (exact) mass is 404 g/mol. The van der Waals surface area contributed by atoms with E-state index in [9.17, 15) is 0 Å². The molecule has 0 N–H and O–H groups in total. The third-order valence-electron chi connectivity index (χ3n) is 6.15. The molecule has 1 aromatic carbocycles.